The van der Waals surface area contributed by atoms with Crippen molar-refractivity contribution in [2.75, 3.05) is 5.38 Å². The van der Waals surface area contributed by atoms with Crippen molar-refractivity contribution in [3.63, 3.8) is 0 Å². The molecule has 0 saturated carbocycles. The van der Waals surface area contributed by atoms with Crippen molar-refractivity contribution in [1.82, 2.24) is 0 Å². The molecule has 0 aliphatic carbocycles. The maximum absolute atomic E-state index is 10.2. The van der Waals surface area contributed by atoms with E-state index >= 15 is 0 Å². The highest BCUT2D eigenvalue weighted by Gasteiger charge is 2.08. The summed E-state index contributed by atoms with van der Waals surface area (Å²) in [6.45, 7) is 0. The minimum atomic E-state index is -3.35. The molecule has 0 saturated heterocycles. The van der Waals surface area contributed by atoms with Gasteiger partial charge < -0.3 is 0 Å². The Kier molecular flexibility index (Phi) is 4.49. The van der Waals surface area contributed by atoms with Crippen LogP contribution in [0, 0.1) is 0 Å². The fourth-order valence-corrected chi connectivity index (χ4v) is 4.47. The van der Waals surface area contributed by atoms with E-state index in [1.165, 1.54) is 0 Å². The maximum atomic E-state index is 10.2. The van der Waals surface area contributed by atoms with Gasteiger partial charge in [-0.15, -0.1) is 23.2 Å². The first kappa shape index (κ1) is 10.0. The van der Waals surface area contributed by atoms with Crippen molar-refractivity contribution in [3.8, 4) is 0 Å². The molecular formula is C2H5Cl3O2SSi. The lowest BCUT2D eigenvalue weighted by molar-refractivity contribution is 0.613. The molecule has 0 aromatic heterocycles. The second kappa shape index (κ2) is 4.03. The molecule has 0 radical (unpaired) electrons. The van der Waals surface area contributed by atoms with Crippen molar-refractivity contribution in [2.24, 2.45) is 0 Å². The van der Waals surface area contributed by atoms with Gasteiger partial charge in [-0.25, -0.2) is 8.42 Å². The molecule has 0 bridgehead atoms. The van der Waals surface area contributed by atoms with Gasteiger partial charge in [0.15, 0.2) is 0 Å². The average Bonchev–Trinajstić information content (AvgIpc) is 1.59. The van der Waals surface area contributed by atoms with Crippen LogP contribution in [0.2, 0.25) is 0 Å². The average molecular weight is 228 g/mol. The highest BCUT2D eigenvalue weighted by Crippen LogP contribution is 2.02. The topological polar surface area (TPSA) is 34.1 Å². The van der Waals surface area contributed by atoms with Gasteiger partial charge in [-0.3, -0.25) is 0 Å². The standard InChI is InChI=1S/C2H5Cl3O2SSi/c3-2(4)9-1-8(5,6)7/h2H,1,9H2. The van der Waals surface area contributed by atoms with E-state index in [4.69, 9.17) is 33.9 Å². The number of halogens is 3. The zero-order valence-corrected chi connectivity index (χ0v) is 8.85. The molecule has 0 N–H and O–H groups in total. The van der Waals surface area contributed by atoms with Crippen LogP contribution in [-0.2, 0) is 9.05 Å². The normalized spacial score (nSPS) is 13.8. The van der Waals surface area contributed by atoms with Gasteiger partial charge in [-0.05, 0) is 0 Å². The molecule has 0 aliphatic heterocycles. The molecule has 0 rings (SSSR count). The molecule has 2 nitrogen and oxygen atoms in total. The van der Waals surface area contributed by atoms with Crippen LogP contribution in [0.25, 0.3) is 0 Å². The van der Waals surface area contributed by atoms with E-state index in [2.05, 4.69) is 0 Å². The molecular weight excluding hydrogens is 223 g/mol. The van der Waals surface area contributed by atoms with Crippen LogP contribution in [0.4, 0.5) is 0 Å². The largest absolute Gasteiger partial charge is 0.229 e. The summed E-state index contributed by atoms with van der Waals surface area (Å²) in [5, 5.41) is -0.0355. The summed E-state index contributed by atoms with van der Waals surface area (Å²) < 4.78 is 19.9. The van der Waals surface area contributed by atoms with Gasteiger partial charge in [0, 0.05) is 10.7 Å². The zero-order valence-electron chi connectivity index (χ0n) is 4.35. The van der Waals surface area contributed by atoms with E-state index in [0.29, 0.717) is 0 Å². The first-order chi connectivity index (χ1) is 3.92. The second-order valence-electron chi connectivity index (χ2n) is 1.42. The van der Waals surface area contributed by atoms with Gasteiger partial charge >= 0.3 is 0 Å². The minimum absolute atomic E-state index is 0.0355. The third kappa shape index (κ3) is 9.04. The fraction of sp³-hybridized carbons (Fsp3) is 1.00. The van der Waals surface area contributed by atoms with Crippen molar-refractivity contribution >= 4 is 52.5 Å². The number of alkyl halides is 2. The van der Waals surface area contributed by atoms with Gasteiger partial charge in [-0.1, -0.05) is 0 Å². The van der Waals surface area contributed by atoms with Crippen LogP contribution in [0.15, 0.2) is 0 Å². The molecule has 0 aromatic rings. The first-order valence-electron chi connectivity index (χ1n) is 2.12. The lowest BCUT2D eigenvalue weighted by Gasteiger charge is -1.94. The lowest BCUT2D eigenvalue weighted by atomic mass is 11.8. The minimum Gasteiger partial charge on any atom is -0.213 e. The Balaban J connectivity index is 3.53. The second-order valence-corrected chi connectivity index (χ2v) is 9.25. The summed E-state index contributed by atoms with van der Waals surface area (Å²) in [7, 11) is 0.566. The third-order valence-electron chi connectivity index (χ3n) is 0.580. The van der Waals surface area contributed by atoms with Gasteiger partial charge in [0.1, 0.15) is 0 Å². The van der Waals surface area contributed by atoms with Crippen molar-refractivity contribution < 1.29 is 8.42 Å². The van der Waals surface area contributed by atoms with Crippen molar-refractivity contribution in [2.45, 2.75) is 4.46 Å². The zero-order chi connectivity index (χ0) is 7.49. The Labute approximate surface area is 70.7 Å². The molecule has 0 aromatic carbocycles. The highest BCUT2D eigenvalue weighted by molar-refractivity contribution is 8.14. The van der Waals surface area contributed by atoms with Crippen LogP contribution in [0.3, 0.4) is 0 Å². The van der Waals surface area contributed by atoms with E-state index in [0.717, 1.165) is 0 Å². The smallest absolute Gasteiger partial charge is 0.213 e. The Morgan fingerprint density at radius 2 is 1.89 bits per heavy atom. The van der Waals surface area contributed by atoms with Gasteiger partial charge in [0.25, 0.3) is 0 Å². The third-order valence-corrected chi connectivity index (χ3v) is 6.61. The van der Waals surface area contributed by atoms with Crippen molar-refractivity contribution in [1.29, 1.82) is 0 Å². The highest BCUT2D eigenvalue weighted by atomic mass is 35.7. The Bertz CT molecular complexity index is 165. The van der Waals surface area contributed by atoms with Gasteiger partial charge in [-0.2, -0.15) is 0 Å². The van der Waals surface area contributed by atoms with Crippen LogP contribution in [-0.4, -0.2) is 27.8 Å². The van der Waals surface area contributed by atoms with E-state index in [9.17, 15) is 8.42 Å². The van der Waals surface area contributed by atoms with E-state index in [1.54, 1.807) is 0 Å². The van der Waals surface area contributed by atoms with E-state index in [-0.39, 0.29) is 5.38 Å². The first-order valence-corrected chi connectivity index (χ1v) is 7.29. The molecule has 56 valence electrons. The predicted molar refractivity (Wildman–Crippen MR) is 43.7 cm³/mol. The molecule has 9 heavy (non-hydrogen) atoms. The molecule has 0 amide bonds. The van der Waals surface area contributed by atoms with Crippen LogP contribution >= 0.6 is 33.9 Å². The Morgan fingerprint density at radius 3 is 2.00 bits per heavy atom. The fourth-order valence-electron chi connectivity index (χ4n) is 0.230. The van der Waals surface area contributed by atoms with Gasteiger partial charge in [0.2, 0.25) is 9.05 Å². The van der Waals surface area contributed by atoms with E-state index < -0.39 is 23.0 Å². The molecule has 0 heterocycles. The maximum Gasteiger partial charge on any atom is 0.229 e. The molecule has 7 heteroatoms. The summed E-state index contributed by atoms with van der Waals surface area (Å²) in [5.74, 6) is 0. The molecule has 0 atom stereocenters. The van der Waals surface area contributed by atoms with E-state index in [1.807, 2.05) is 0 Å². The van der Waals surface area contributed by atoms with Crippen LogP contribution in [0.5, 0.6) is 0 Å². The van der Waals surface area contributed by atoms with Crippen LogP contribution in [0.1, 0.15) is 0 Å². The molecule has 0 spiro atoms. The summed E-state index contributed by atoms with van der Waals surface area (Å²) >= 11 is 10.6. The number of hydrogen-bond acceptors (Lipinski definition) is 2. The monoisotopic (exact) mass is 226 g/mol. The Hall–Kier alpha value is 1.04. The quantitative estimate of drug-likeness (QED) is 0.398. The summed E-state index contributed by atoms with van der Waals surface area (Å²) in [4.78, 5) is 0. The van der Waals surface area contributed by atoms with Crippen molar-refractivity contribution in [3.05, 3.63) is 0 Å². The van der Waals surface area contributed by atoms with Gasteiger partial charge in [0.05, 0.1) is 19.4 Å². The summed E-state index contributed by atoms with van der Waals surface area (Å²) in [6, 6.07) is 0. The lowest BCUT2D eigenvalue weighted by Crippen LogP contribution is -2.12. The number of hydrogen-bond donors (Lipinski definition) is 0. The summed E-state index contributed by atoms with van der Waals surface area (Å²) in [5.41, 5.74) is 0. The Morgan fingerprint density at radius 1 is 1.44 bits per heavy atom. The van der Waals surface area contributed by atoms with Crippen LogP contribution < -0.4 is 0 Å². The molecule has 0 unspecified atom stereocenters. The summed E-state index contributed by atoms with van der Waals surface area (Å²) in [6.07, 6.45) is 0. The number of rotatable bonds is 3. The molecule has 0 aliphatic rings. The molecule has 0 fully saturated rings. The SMILES string of the molecule is O=S(=O)(Cl)C[SiH2]C(Cl)Cl. The predicted octanol–water partition coefficient (Wildman–Crippen LogP) is 0.442.